The zero-order valence-electron chi connectivity index (χ0n) is 11.8. The maximum atomic E-state index is 12.7. The first kappa shape index (κ1) is 14.4. The normalized spacial score (nSPS) is 11.1. The number of hydrogen-bond acceptors (Lipinski definition) is 4. The van der Waals surface area contributed by atoms with Crippen LogP contribution in [0.5, 0.6) is 0 Å². The molecule has 0 aliphatic heterocycles. The molecule has 0 radical (unpaired) electrons. The average molecular weight is 306 g/mol. The highest BCUT2D eigenvalue weighted by molar-refractivity contribution is 7.03. The summed E-state index contributed by atoms with van der Waals surface area (Å²) in [7, 11) is 0. The zero-order valence-corrected chi connectivity index (χ0v) is 12.6. The van der Waals surface area contributed by atoms with Crippen molar-refractivity contribution < 1.29 is 4.79 Å². The standard InChI is InChI=1S/C18H14N2OS/c21-17(12-11-16-13-22-20-19-16)18(14-7-3-1-4-8-14)15-9-5-2-6-10-15/h1-13,18H/b12-11-. The Labute approximate surface area is 133 Å². The number of allylic oxidation sites excluding steroid dienone is 1. The third-order valence-electron chi connectivity index (χ3n) is 3.35. The summed E-state index contributed by atoms with van der Waals surface area (Å²) in [5, 5.41) is 5.73. The lowest BCUT2D eigenvalue weighted by Crippen LogP contribution is -2.11. The summed E-state index contributed by atoms with van der Waals surface area (Å²) in [6.45, 7) is 0. The molecule has 0 aliphatic carbocycles. The van der Waals surface area contributed by atoms with Gasteiger partial charge in [-0.15, -0.1) is 5.10 Å². The number of carbonyl (C=O) groups is 1. The number of ketones is 1. The van der Waals surface area contributed by atoms with E-state index in [1.54, 1.807) is 12.2 Å². The quantitative estimate of drug-likeness (QED) is 0.670. The van der Waals surface area contributed by atoms with Gasteiger partial charge in [-0.05, 0) is 34.8 Å². The predicted octanol–water partition coefficient (Wildman–Crippen LogP) is 3.95. The van der Waals surface area contributed by atoms with Crippen LogP contribution < -0.4 is 0 Å². The van der Waals surface area contributed by atoms with Crippen LogP contribution in [-0.4, -0.2) is 15.4 Å². The van der Waals surface area contributed by atoms with Crippen molar-refractivity contribution in [3.63, 3.8) is 0 Å². The molecule has 0 amide bonds. The SMILES string of the molecule is O=C(/C=C\c1csnn1)C(c1ccccc1)c1ccccc1. The van der Waals surface area contributed by atoms with Gasteiger partial charge in [0.2, 0.25) is 0 Å². The molecule has 0 N–H and O–H groups in total. The van der Waals surface area contributed by atoms with Gasteiger partial charge in [0.05, 0.1) is 11.6 Å². The molecule has 0 spiro atoms. The molecule has 0 bridgehead atoms. The van der Waals surface area contributed by atoms with Crippen molar-refractivity contribution in [2.75, 3.05) is 0 Å². The van der Waals surface area contributed by atoms with Crippen LogP contribution in [-0.2, 0) is 4.79 Å². The Bertz CT molecular complexity index is 713. The van der Waals surface area contributed by atoms with Gasteiger partial charge in [-0.1, -0.05) is 65.2 Å². The van der Waals surface area contributed by atoms with E-state index in [9.17, 15) is 4.79 Å². The molecule has 0 saturated carbocycles. The molecule has 108 valence electrons. The molecule has 2 aromatic carbocycles. The van der Waals surface area contributed by atoms with Gasteiger partial charge in [-0.3, -0.25) is 4.79 Å². The average Bonchev–Trinajstić information content (AvgIpc) is 3.09. The second-order valence-corrected chi connectivity index (χ2v) is 5.43. The summed E-state index contributed by atoms with van der Waals surface area (Å²) < 4.78 is 3.79. The van der Waals surface area contributed by atoms with Gasteiger partial charge in [0.1, 0.15) is 0 Å². The molecule has 4 heteroatoms. The zero-order chi connectivity index (χ0) is 15.2. The molecular weight excluding hydrogens is 292 g/mol. The minimum absolute atomic E-state index is 0.0328. The highest BCUT2D eigenvalue weighted by Crippen LogP contribution is 2.26. The fraction of sp³-hybridized carbons (Fsp3) is 0.0556. The highest BCUT2D eigenvalue weighted by Gasteiger charge is 2.20. The Hall–Kier alpha value is -2.59. The largest absolute Gasteiger partial charge is 0.294 e. The van der Waals surface area contributed by atoms with Crippen molar-refractivity contribution in [2.24, 2.45) is 0 Å². The fourth-order valence-corrected chi connectivity index (χ4v) is 2.74. The first-order valence-electron chi connectivity index (χ1n) is 6.93. The molecule has 0 aliphatic rings. The molecule has 3 aromatic rings. The molecule has 0 saturated heterocycles. The van der Waals surface area contributed by atoms with Gasteiger partial charge < -0.3 is 0 Å². The van der Waals surface area contributed by atoms with E-state index in [0.29, 0.717) is 5.69 Å². The van der Waals surface area contributed by atoms with E-state index in [0.717, 1.165) is 11.1 Å². The van der Waals surface area contributed by atoms with Gasteiger partial charge in [0.25, 0.3) is 0 Å². The van der Waals surface area contributed by atoms with Crippen LogP contribution in [0.4, 0.5) is 0 Å². The van der Waals surface area contributed by atoms with Crippen molar-refractivity contribution >= 4 is 23.4 Å². The van der Waals surface area contributed by atoms with E-state index in [-0.39, 0.29) is 11.7 Å². The summed E-state index contributed by atoms with van der Waals surface area (Å²) in [6, 6.07) is 19.6. The van der Waals surface area contributed by atoms with E-state index >= 15 is 0 Å². The van der Waals surface area contributed by atoms with Gasteiger partial charge in [-0.2, -0.15) is 0 Å². The van der Waals surface area contributed by atoms with E-state index < -0.39 is 0 Å². The number of aromatic nitrogens is 2. The first-order chi connectivity index (χ1) is 10.8. The molecule has 3 nitrogen and oxygen atoms in total. The molecular formula is C18H14N2OS. The van der Waals surface area contributed by atoms with Crippen LogP contribution in [0.2, 0.25) is 0 Å². The third-order valence-corrected chi connectivity index (χ3v) is 3.87. The lowest BCUT2D eigenvalue weighted by Gasteiger charge is -2.15. The number of benzene rings is 2. The Morgan fingerprint density at radius 3 is 2.05 bits per heavy atom. The molecule has 3 rings (SSSR count). The maximum Gasteiger partial charge on any atom is 0.167 e. The van der Waals surface area contributed by atoms with Crippen molar-refractivity contribution in [1.29, 1.82) is 0 Å². The Kier molecular flexibility index (Phi) is 4.51. The lowest BCUT2D eigenvalue weighted by atomic mass is 9.87. The molecule has 1 aromatic heterocycles. The molecule has 1 heterocycles. The summed E-state index contributed by atoms with van der Waals surface area (Å²) in [6.07, 6.45) is 3.30. The fourth-order valence-electron chi connectivity index (χ4n) is 2.32. The number of nitrogens with zero attached hydrogens (tertiary/aromatic N) is 2. The molecule has 0 fully saturated rings. The van der Waals surface area contributed by atoms with Crippen LogP contribution in [0, 0.1) is 0 Å². The van der Waals surface area contributed by atoms with E-state index in [2.05, 4.69) is 9.59 Å². The van der Waals surface area contributed by atoms with Crippen molar-refractivity contribution in [3.8, 4) is 0 Å². The Morgan fingerprint density at radius 1 is 0.955 bits per heavy atom. The topological polar surface area (TPSA) is 42.9 Å². The van der Waals surface area contributed by atoms with Crippen LogP contribution in [0.15, 0.2) is 72.1 Å². The van der Waals surface area contributed by atoms with Crippen LogP contribution in [0.1, 0.15) is 22.7 Å². The van der Waals surface area contributed by atoms with Crippen LogP contribution in [0.3, 0.4) is 0 Å². The summed E-state index contributed by atoms with van der Waals surface area (Å²) in [5.74, 6) is -0.268. The summed E-state index contributed by atoms with van der Waals surface area (Å²) in [4.78, 5) is 12.7. The van der Waals surface area contributed by atoms with E-state index in [1.165, 1.54) is 11.5 Å². The monoisotopic (exact) mass is 306 g/mol. The number of carbonyl (C=O) groups excluding carboxylic acids is 1. The molecule has 0 unspecified atom stereocenters. The minimum Gasteiger partial charge on any atom is -0.294 e. The van der Waals surface area contributed by atoms with Gasteiger partial charge >= 0.3 is 0 Å². The highest BCUT2D eigenvalue weighted by atomic mass is 32.1. The third kappa shape index (κ3) is 3.35. The van der Waals surface area contributed by atoms with E-state index in [4.69, 9.17) is 0 Å². The smallest absolute Gasteiger partial charge is 0.167 e. The summed E-state index contributed by atoms with van der Waals surface area (Å²) >= 11 is 1.27. The van der Waals surface area contributed by atoms with Crippen molar-refractivity contribution in [3.05, 3.63) is 88.9 Å². The van der Waals surface area contributed by atoms with E-state index in [1.807, 2.05) is 66.0 Å². The van der Waals surface area contributed by atoms with Gasteiger partial charge in [0, 0.05) is 5.38 Å². The number of rotatable bonds is 5. The first-order valence-corrected chi connectivity index (χ1v) is 7.77. The maximum absolute atomic E-state index is 12.7. The second kappa shape index (κ2) is 6.91. The van der Waals surface area contributed by atoms with Crippen LogP contribution in [0.25, 0.3) is 6.08 Å². The predicted molar refractivity (Wildman–Crippen MR) is 88.7 cm³/mol. The Morgan fingerprint density at radius 2 is 1.55 bits per heavy atom. The molecule has 0 atom stereocenters. The van der Waals surface area contributed by atoms with Gasteiger partial charge in [-0.25, -0.2) is 0 Å². The van der Waals surface area contributed by atoms with Crippen molar-refractivity contribution in [1.82, 2.24) is 9.59 Å². The lowest BCUT2D eigenvalue weighted by molar-refractivity contribution is -0.115. The Balaban J connectivity index is 1.93. The minimum atomic E-state index is -0.301. The number of hydrogen-bond donors (Lipinski definition) is 0. The molecule has 22 heavy (non-hydrogen) atoms. The van der Waals surface area contributed by atoms with Gasteiger partial charge in [0.15, 0.2) is 5.78 Å². The van der Waals surface area contributed by atoms with Crippen LogP contribution >= 0.6 is 11.5 Å². The second-order valence-electron chi connectivity index (χ2n) is 4.82. The summed E-state index contributed by atoms with van der Waals surface area (Å²) in [5.41, 5.74) is 2.68. The van der Waals surface area contributed by atoms with Crippen molar-refractivity contribution in [2.45, 2.75) is 5.92 Å².